The number of aliphatic hydroxyl groups excluding tert-OH is 1. The number of nitrogens with one attached hydrogen (secondary N) is 1. The first kappa shape index (κ1) is 38.4. The number of alkyl halides is 1. The Balaban J connectivity index is 1.55. The Bertz CT molecular complexity index is 1610. The van der Waals surface area contributed by atoms with Gasteiger partial charge in [-0.25, -0.2) is 0 Å². The number of aliphatic hydroxyl groups is 1. The van der Waals surface area contributed by atoms with Crippen molar-refractivity contribution in [3.8, 4) is 0 Å². The van der Waals surface area contributed by atoms with Crippen molar-refractivity contribution in [2.24, 2.45) is 17.8 Å². The number of allylic oxidation sites excluding steroid dienone is 1. The first-order valence-corrected chi connectivity index (χ1v) is 18.7. The number of carbonyl (C=O) groups excluding carboxylic acids is 4. The van der Waals surface area contributed by atoms with Crippen molar-refractivity contribution in [2.75, 3.05) is 24.7 Å². The largest absolute Gasteiger partial charge is 0.463 e. The first-order chi connectivity index (χ1) is 24.4. The van der Waals surface area contributed by atoms with Crippen LogP contribution in [0.1, 0.15) is 62.3 Å². The molecule has 3 aliphatic rings. The zero-order chi connectivity index (χ0) is 37.0. The summed E-state index contributed by atoms with van der Waals surface area (Å²) in [6.45, 7) is 15.2. The van der Waals surface area contributed by atoms with Crippen molar-refractivity contribution in [1.29, 1.82) is 0 Å². The number of carbonyl (C=O) groups is 4. The van der Waals surface area contributed by atoms with Crippen LogP contribution >= 0.6 is 15.9 Å². The van der Waals surface area contributed by atoms with Crippen molar-refractivity contribution in [3.05, 3.63) is 90.5 Å². The van der Waals surface area contributed by atoms with Gasteiger partial charge in [-0.15, -0.1) is 13.2 Å². The van der Waals surface area contributed by atoms with Gasteiger partial charge in [0.15, 0.2) is 0 Å². The lowest BCUT2D eigenvalue weighted by Gasteiger charge is -2.40. The number of rotatable bonds is 16. The summed E-state index contributed by atoms with van der Waals surface area (Å²) in [6, 6.07) is 12.5. The van der Waals surface area contributed by atoms with Crippen LogP contribution in [0.2, 0.25) is 0 Å². The highest BCUT2D eigenvalue weighted by Crippen LogP contribution is 2.61. The number of amides is 3. The number of benzene rings is 2. The van der Waals surface area contributed by atoms with E-state index in [1.807, 2.05) is 76.2 Å². The Labute approximate surface area is 309 Å². The van der Waals surface area contributed by atoms with E-state index in [0.717, 1.165) is 22.4 Å². The van der Waals surface area contributed by atoms with Crippen LogP contribution in [0, 0.1) is 31.6 Å². The first-order valence-electron chi connectivity index (χ1n) is 17.7. The Hall–Kier alpha value is -3.80. The van der Waals surface area contributed by atoms with E-state index in [0.29, 0.717) is 19.3 Å². The van der Waals surface area contributed by atoms with Crippen LogP contribution in [-0.4, -0.2) is 82.1 Å². The van der Waals surface area contributed by atoms with Gasteiger partial charge in [0.05, 0.1) is 36.6 Å². The van der Waals surface area contributed by atoms with E-state index in [-0.39, 0.29) is 48.7 Å². The lowest BCUT2D eigenvalue weighted by Crippen LogP contribution is -2.59. The highest BCUT2D eigenvalue weighted by molar-refractivity contribution is 9.09. The number of para-hydroxylation sites is 1. The van der Waals surface area contributed by atoms with Crippen molar-refractivity contribution >= 4 is 45.3 Å². The van der Waals surface area contributed by atoms with Gasteiger partial charge in [0, 0.05) is 23.5 Å². The van der Waals surface area contributed by atoms with Crippen LogP contribution in [-0.2, 0) is 28.7 Å². The van der Waals surface area contributed by atoms with Crippen molar-refractivity contribution in [3.63, 3.8) is 0 Å². The second-order valence-electron chi connectivity index (χ2n) is 14.3. The number of esters is 1. The van der Waals surface area contributed by atoms with Crippen LogP contribution in [0.3, 0.4) is 0 Å². The van der Waals surface area contributed by atoms with Crippen LogP contribution < -0.4 is 10.2 Å². The van der Waals surface area contributed by atoms with E-state index in [9.17, 15) is 19.5 Å². The van der Waals surface area contributed by atoms with Crippen LogP contribution in [0.4, 0.5) is 5.69 Å². The third-order valence-electron chi connectivity index (χ3n) is 10.4. The molecular formula is C40H50BrN3O7. The maximum absolute atomic E-state index is 15.1. The van der Waals surface area contributed by atoms with Gasteiger partial charge in [-0.3, -0.25) is 19.2 Å². The van der Waals surface area contributed by atoms with Crippen LogP contribution in [0.15, 0.2) is 73.8 Å². The summed E-state index contributed by atoms with van der Waals surface area (Å²) in [7, 11) is 0. The number of likely N-dealkylation sites (tertiary alicyclic amines) is 1. The molecule has 10 nitrogen and oxygen atoms in total. The Morgan fingerprint density at radius 3 is 2.41 bits per heavy atom. The third kappa shape index (κ3) is 7.43. The maximum atomic E-state index is 15.1. The lowest BCUT2D eigenvalue weighted by atomic mass is 9.70. The fraction of sp³-hybridized carbons (Fsp3) is 0.500. The third-order valence-corrected chi connectivity index (χ3v) is 11.2. The van der Waals surface area contributed by atoms with Gasteiger partial charge >= 0.3 is 5.97 Å². The summed E-state index contributed by atoms with van der Waals surface area (Å²) in [5.41, 5.74) is 1.90. The molecule has 3 aliphatic heterocycles. The normalized spacial score (nSPS) is 26.1. The number of aryl methyl sites for hydroxylation is 2. The van der Waals surface area contributed by atoms with Crippen LogP contribution in [0.5, 0.6) is 0 Å². The summed E-state index contributed by atoms with van der Waals surface area (Å²) in [6.07, 6.45) is 4.00. The number of hydrogen-bond acceptors (Lipinski definition) is 7. The number of hydrogen-bond donors (Lipinski definition) is 2. The lowest BCUT2D eigenvalue weighted by molar-refractivity contribution is -0.146. The summed E-state index contributed by atoms with van der Waals surface area (Å²) in [5.74, 6) is -3.42. The highest BCUT2D eigenvalue weighted by atomic mass is 79.9. The molecule has 2 N–H and O–H groups in total. The van der Waals surface area contributed by atoms with Gasteiger partial charge in [0.25, 0.3) is 5.91 Å². The molecular weight excluding hydrogens is 714 g/mol. The minimum Gasteiger partial charge on any atom is -0.463 e. The van der Waals surface area contributed by atoms with Gasteiger partial charge < -0.3 is 29.7 Å². The molecule has 3 amide bonds. The average molecular weight is 765 g/mol. The summed E-state index contributed by atoms with van der Waals surface area (Å²) < 4.78 is 12.4. The quantitative estimate of drug-likeness (QED) is 0.134. The van der Waals surface area contributed by atoms with E-state index in [4.69, 9.17) is 9.47 Å². The molecule has 2 bridgehead atoms. The highest BCUT2D eigenvalue weighted by Gasteiger charge is 2.77. The Morgan fingerprint density at radius 1 is 1.12 bits per heavy atom. The molecule has 3 fully saturated rings. The van der Waals surface area contributed by atoms with Crippen molar-refractivity contribution in [2.45, 2.75) is 88.0 Å². The fourth-order valence-electron chi connectivity index (χ4n) is 8.30. The molecule has 274 valence electrons. The molecule has 3 heterocycles. The van der Waals surface area contributed by atoms with Gasteiger partial charge in [-0.05, 0) is 55.7 Å². The molecule has 3 saturated heterocycles. The summed E-state index contributed by atoms with van der Waals surface area (Å²) in [4.78, 5) is 59.8. The monoisotopic (exact) mass is 763 g/mol. The van der Waals surface area contributed by atoms with Gasteiger partial charge in [0.1, 0.15) is 18.2 Å². The molecule has 51 heavy (non-hydrogen) atoms. The SMILES string of the molecule is C=CCCC(=O)OC[C@@H](NC(=O)[C@H]1[C@@H]2O[C@@]3(CC2Br)[C@@H]1C(=O)N([C@@H](CO)CC(C)C)[C@@H]3C(=O)N(CC=C)c1c(C)cccc1C)c1ccccc1. The van der Waals surface area contributed by atoms with Gasteiger partial charge in [-0.1, -0.05) is 90.5 Å². The second-order valence-corrected chi connectivity index (χ2v) is 15.5. The number of nitrogens with zero attached hydrogens (tertiary/aromatic N) is 2. The molecule has 0 saturated carbocycles. The van der Waals surface area contributed by atoms with Gasteiger partial charge in [0.2, 0.25) is 11.8 Å². The smallest absolute Gasteiger partial charge is 0.306 e. The standard InChI is InChI=1S/C40H50BrN3O7/c1-7-9-18-31(46)50-23-30(27-16-11-10-12-17-27)42-37(47)32-33-38(48)44(28(22-45)20-24(3)4)36(40(33)21-29(41)35(32)51-40)39(49)43(19-8-2)34-25(5)14-13-15-26(34)6/h7-8,10-17,24,28-30,32-33,35-36,45H,1-2,9,18-23H2,3-6H3,(H,42,47)/t28-,29?,30-,32-,33+,35-,36-,40+/m1/s1. The van der Waals surface area contributed by atoms with Crippen LogP contribution in [0.25, 0.3) is 0 Å². The molecule has 1 spiro atoms. The van der Waals surface area contributed by atoms with Gasteiger partial charge in [-0.2, -0.15) is 0 Å². The van der Waals surface area contributed by atoms with E-state index < -0.39 is 53.5 Å². The minimum atomic E-state index is -1.34. The Kier molecular flexibility index (Phi) is 12.2. The maximum Gasteiger partial charge on any atom is 0.306 e. The number of halogens is 1. The minimum absolute atomic E-state index is 0.104. The van der Waals surface area contributed by atoms with E-state index >= 15 is 4.79 Å². The predicted octanol–water partition coefficient (Wildman–Crippen LogP) is 5.34. The zero-order valence-corrected chi connectivity index (χ0v) is 31.5. The molecule has 0 aliphatic carbocycles. The molecule has 5 rings (SSSR count). The van der Waals surface area contributed by atoms with Crippen molar-refractivity contribution < 1.29 is 33.8 Å². The number of ether oxygens (including phenoxy) is 2. The molecule has 0 radical (unpaired) electrons. The molecule has 1 unspecified atom stereocenters. The number of anilines is 1. The average Bonchev–Trinajstić information content (AvgIpc) is 3.70. The fourth-order valence-corrected chi connectivity index (χ4v) is 9.25. The van der Waals surface area contributed by atoms with E-state index in [1.165, 1.54) is 4.90 Å². The Morgan fingerprint density at radius 2 is 1.80 bits per heavy atom. The molecule has 11 heteroatoms. The molecule has 2 aromatic rings. The molecule has 8 atom stereocenters. The van der Waals surface area contributed by atoms with Crippen molar-refractivity contribution in [1.82, 2.24) is 10.2 Å². The summed E-state index contributed by atoms with van der Waals surface area (Å²) in [5, 5.41) is 13.8. The molecule has 0 aromatic heterocycles. The second kappa shape index (κ2) is 16.3. The van der Waals surface area contributed by atoms with E-state index in [2.05, 4.69) is 34.4 Å². The number of fused-ring (bicyclic) bond motifs is 1. The topological polar surface area (TPSA) is 125 Å². The summed E-state index contributed by atoms with van der Waals surface area (Å²) >= 11 is 3.76. The van der Waals surface area contributed by atoms with E-state index in [1.54, 1.807) is 17.1 Å². The zero-order valence-electron chi connectivity index (χ0n) is 29.9. The molecule has 2 aromatic carbocycles. The predicted molar refractivity (Wildman–Crippen MR) is 199 cm³/mol.